The molecule has 0 radical (unpaired) electrons. The summed E-state index contributed by atoms with van der Waals surface area (Å²) in [5.74, 6) is 0.505. The van der Waals surface area contributed by atoms with Gasteiger partial charge in [0, 0.05) is 43.4 Å². The molecule has 0 aromatic heterocycles. The van der Waals surface area contributed by atoms with Gasteiger partial charge in [-0.1, -0.05) is 15.9 Å². The van der Waals surface area contributed by atoms with Crippen molar-refractivity contribution >= 4 is 52.3 Å². The Hall–Kier alpha value is -0.530. The summed E-state index contributed by atoms with van der Waals surface area (Å²) >= 11 is 3.45. The maximum Gasteiger partial charge on any atom is 0.222 e. The zero-order chi connectivity index (χ0) is 15.9. The van der Waals surface area contributed by atoms with Crippen LogP contribution in [0.4, 0.5) is 5.69 Å². The minimum Gasteiger partial charge on any atom is -0.380 e. The van der Waals surface area contributed by atoms with Gasteiger partial charge in [-0.15, -0.1) is 24.8 Å². The molecule has 1 aliphatic heterocycles. The summed E-state index contributed by atoms with van der Waals surface area (Å²) in [4.78, 5) is 14.2. The smallest absolute Gasteiger partial charge is 0.222 e. The zero-order valence-corrected chi connectivity index (χ0v) is 17.0. The Morgan fingerprint density at radius 1 is 1.42 bits per heavy atom. The molecule has 0 aliphatic carbocycles. The van der Waals surface area contributed by atoms with Crippen molar-refractivity contribution in [3.8, 4) is 0 Å². The molecule has 2 rings (SSSR count). The number of ether oxygens (including phenoxy) is 1. The molecule has 1 aliphatic rings. The molecule has 1 aromatic carbocycles. The van der Waals surface area contributed by atoms with E-state index in [2.05, 4.69) is 50.4 Å². The minimum absolute atomic E-state index is 0. The largest absolute Gasteiger partial charge is 0.380 e. The first kappa shape index (κ1) is 23.5. The lowest BCUT2D eigenvalue weighted by molar-refractivity contribution is -0.123. The normalized spacial score (nSPS) is 17.6. The highest BCUT2D eigenvalue weighted by atomic mass is 79.9. The van der Waals surface area contributed by atoms with Gasteiger partial charge in [-0.3, -0.25) is 4.79 Å². The Morgan fingerprint density at radius 3 is 2.67 bits per heavy atom. The van der Waals surface area contributed by atoms with Crippen LogP contribution in [0.2, 0.25) is 0 Å². The lowest BCUT2D eigenvalue weighted by atomic mass is 10.1. The van der Waals surface area contributed by atoms with Crippen LogP contribution in [-0.4, -0.2) is 45.3 Å². The van der Waals surface area contributed by atoms with Gasteiger partial charge in [0.15, 0.2) is 0 Å². The van der Waals surface area contributed by atoms with Crippen LogP contribution in [0.1, 0.15) is 12.8 Å². The van der Waals surface area contributed by atoms with Crippen LogP contribution in [0.3, 0.4) is 0 Å². The highest BCUT2D eigenvalue weighted by Gasteiger charge is 2.23. The number of hydrogen-bond acceptors (Lipinski definition) is 4. The minimum atomic E-state index is -0.192. The number of anilines is 1. The summed E-state index contributed by atoms with van der Waals surface area (Å²) < 4.78 is 6.22. The molecule has 2 atom stereocenters. The number of methoxy groups -OCH3 is 1. The van der Waals surface area contributed by atoms with Gasteiger partial charge in [-0.05, 0) is 36.6 Å². The SMILES string of the molecule is COC(CN)CC(=O)NCC1CCN(c2ccc(Br)cc2)C1.Cl.Cl. The van der Waals surface area contributed by atoms with E-state index in [1.807, 2.05) is 0 Å². The van der Waals surface area contributed by atoms with Gasteiger partial charge in [0.2, 0.25) is 5.91 Å². The number of carbonyl (C=O) groups excluding carboxylic acids is 1. The van der Waals surface area contributed by atoms with Crippen molar-refractivity contribution in [2.75, 3.05) is 38.2 Å². The standard InChI is InChI=1S/C16H24BrN3O2.2ClH/c1-22-15(9-18)8-16(21)19-10-12-6-7-20(11-12)14-4-2-13(17)3-5-14;;/h2-5,12,15H,6-11,18H2,1H3,(H,19,21);2*1H. The van der Waals surface area contributed by atoms with Gasteiger partial charge in [-0.25, -0.2) is 0 Å². The van der Waals surface area contributed by atoms with Gasteiger partial charge in [0.1, 0.15) is 0 Å². The number of nitrogens with zero attached hydrogens (tertiary/aromatic N) is 1. The highest BCUT2D eigenvalue weighted by Crippen LogP contribution is 2.24. The molecule has 138 valence electrons. The van der Waals surface area contributed by atoms with Crippen LogP contribution < -0.4 is 16.0 Å². The topological polar surface area (TPSA) is 67.6 Å². The van der Waals surface area contributed by atoms with E-state index in [0.717, 1.165) is 24.0 Å². The Labute approximate surface area is 164 Å². The maximum atomic E-state index is 11.9. The number of nitrogens with two attached hydrogens (primary N) is 1. The summed E-state index contributed by atoms with van der Waals surface area (Å²) in [6.45, 7) is 3.09. The van der Waals surface area contributed by atoms with Gasteiger partial charge < -0.3 is 20.7 Å². The Bertz CT molecular complexity index is 487. The number of carbonyl (C=O) groups is 1. The lowest BCUT2D eigenvalue weighted by Crippen LogP contribution is -2.35. The van der Waals surface area contributed by atoms with E-state index in [1.54, 1.807) is 7.11 Å². The third kappa shape index (κ3) is 7.15. The molecule has 24 heavy (non-hydrogen) atoms. The second-order valence-electron chi connectivity index (χ2n) is 5.68. The van der Waals surface area contributed by atoms with E-state index in [4.69, 9.17) is 10.5 Å². The van der Waals surface area contributed by atoms with Crippen molar-refractivity contribution < 1.29 is 9.53 Å². The van der Waals surface area contributed by atoms with E-state index in [-0.39, 0.29) is 36.8 Å². The van der Waals surface area contributed by atoms with E-state index < -0.39 is 0 Å². The number of rotatable bonds is 7. The average Bonchev–Trinajstić information content (AvgIpc) is 3.00. The summed E-state index contributed by atoms with van der Waals surface area (Å²) in [6.07, 6.45) is 1.24. The number of amides is 1. The number of benzene rings is 1. The monoisotopic (exact) mass is 441 g/mol. The number of hydrogen-bond donors (Lipinski definition) is 2. The Kier molecular flexibility index (Phi) is 11.7. The third-order valence-electron chi connectivity index (χ3n) is 4.07. The predicted octanol–water partition coefficient (Wildman–Crippen LogP) is 2.60. The molecular formula is C16H26BrCl2N3O2. The fourth-order valence-corrected chi connectivity index (χ4v) is 2.95. The van der Waals surface area contributed by atoms with Crippen LogP contribution in [0, 0.1) is 5.92 Å². The van der Waals surface area contributed by atoms with Crippen molar-refractivity contribution in [2.45, 2.75) is 18.9 Å². The molecule has 1 heterocycles. The van der Waals surface area contributed by atoms with Crippen molar-refractivity contribution in [3.05, 3.63) is 28.7 Å². The molecule has 5 nitrogen and oxygen atoms in total. The predicted molar refractivity (Wildman–Crippen MR) is 106 cm³/mol. The van der Waals surface area contributed by atoms with Crippen LogP contribution in [0.15, 0.2) is 28.7 Å². The number of nitrogens with one attached hydrogen (secondary N) is 1. The summed E-state index contributed by atoms with van der Waals surface area (Å²) in [7, 11) is 1.58. The fourth-order valence-electron chi connectivity index (χ4n) is 2.69. The number of halogens is 3. The van der Waals surface area contributed by atoms with Crippen molar-refractivity contribution in [1.82, 2.24) is 5.32 Å². The van der Waals surface area contributed by atoms with Gasteiger partial charge >= 0.3 is 0 Å². The van der Waals surface area contributed by atoms with Crippen molar-refractivity contribution in [2.24, 2.45) is 11.7 Å². The maximum absolute atomic E-state index is 11.9. The molecule has 3 N–H and O–H groups in total. The van der Waals surface area contributed by atoms with E-state index >= 15 is 0 Å². The first-order chi connectivity index (χ1) is 10.6. The van der Waals surface area contributed by atoms with Crippen LogP contribution in [0.5, 0.6) is 0 Å². The van der Waals surface area contributed by atoms with E-state index in [9.17, 15) is 4.79 Å². The molecule has 1 amide bonds. The Morgan fingerprint density at radius 2 is 2.08 bits per heavy atom. The van der Waals surface area contributed by atoms with Crippen LogP contribution >= 0.6 is 40.7 Å². The van der Waals surface area contributed by atoms with Crippen molar-refractivity contribution in [1.29, 1.82) is 0 Å². The summed E-state index contributed by atoms with van der Waals surface area (Å²) in [6, 6.07) is 8.36. The van der Waals surface area contributed by atoms with E-state index in [1.165, 1.54) is 5.69 Å². The Balaban J connectivity index is 0.00000264. The summed E-state index contributed by atoms with van der Waals surface area (Å²) in [5, 5.41) is 3.00. The second-order valence-corrected chi connectivity index (χ2v) is 6.59. The highest BCUT2D eigenvalue weighted by molar-refractivity contribution is 9.10. The molecule has 2 unspecified atom stereocenters. The third-order valence-corrected chi connectivity index (χ3v) is 4.60. The lowest BCUT2D eigenvalue weighted by Gasteiger charge is -2.19. The molecule has 1 aromatic rings. The van der Waals surface area contributed by atoms with Crippen LogP contribution in [-0.2, 0) is 9.53 Å². The zero-order valence-electron chi connectivity index (χ0n) is 13.7. The first-order valence-corrected chi connectivity index (χ1v) is 8.41. The van der Waals surface area contributed by atoms with Gasteiger partial charge in [-0.2, -0.15) is 0 Å². The second kappa shape index (κ2) is 11.9. The summed E-state index contributed by atoms with van der Waals surface area (Å²) in [5.41, 5.74) is 6.76. The molecule has 1 saturated heterocycles. The average molecular weight is 443 g/mol. The van der Waals surface area contributed by atoms with Crippen LogP contribution in [0.25, 0.3) is 0 Å². The molecule has 8 heteroatoms. The molecule has 1 fully saturated rings. The molecule has 0 saturated carbocycles. The van der Waals surface area contributed by atoms with Gasteiger partial charge in [0.05, 0.1) is 12.5 Å². The quantitative estimate of drug-likeness (QED) is 0.680. The first-order valence-electron chi connectivity index (χ1n) is 7.62. The van der Waals surface area contributed by atoms with Crippen molar-refractivity contribution in [3.63, 3.8) is 0 Å². The molecular weight excluding hydrogens is 417 g/mol. The molecule has 0 bridgehead atoms. The van der Waals surface area contributed by atoms with Gasteiger partial charge in [0.25, 0.3) is 0 Å². The molecule has 0 spiro atoms. The fraction of sp³-hybridized carbons (Fsp3) is 0.562. The van der Waals surface area contributed by atoms with E-state index in [0.29, 0.717) is 25.4 Å².